The van der Waals surface area contributed by atoms with Crippen LogP contribution in [0.1, 0.15) is 0 Å². The molecule has 0 unspecified atom stereocenters. The first-order valence-corrected chi connectivity index (χ1v) is 0. The van der Waals surface area contributed by atoms with Gasteiger partial charge in [0.15, 0.2) is 0 Å². The first kappa shape index (κ1) is 36.4. The molecular formula is H12GeSeSiTe. The molecule has 0 rings (SSSR count). The van der Waals surface area contributed by atoms with Crippen LogP contribution in [0, 0.1) is 0 Å². The van der Waals surface area contributed by atoms with E-state index >= 15 is 0 Å². The molecule has 0 aliphatic carbocycles. The zero-order chi connectivity index (χ0) is 0. The molecule has 0 heterocycles. The van der Waals surface area contributed by atoms with Gasteiger partial charge in [0.05, 0.1) is 0 Å². The first-order valence-electron chi connectivity index (χ1n) is 0. The summed E-state index contributed by atoms with van der Waals surface area (Å²) in [6.07, 6.45) is 0. The van der Waals surface area contributed by atoms with Crippen molar-refractivity contribution in [2.45, 2.75) is 0 Å². The minimum atomic E-state index is 0. The average Bonchev–Trinajstić information content (AvgIpc) is 0. The quantitative estimate of drug-likeness (QED) is 0.394. The predicted molar refractivity (Wildman–Crippen MR) is 39.8 cm³/mol. The Morgan fingerprint density at radius 3 is 1.00 bits per heavy atom. The molecule has 0 N–H and O–H groups in total. The van der Waals surface area contributed by atoms with Gasteiger partial charge in [-0.3, -0.25) is 0 Å². The average molecular weight is 319 g/mol. The van der Waals surface area contributed by atoms with Crippen molar-refractivity contribution in [1.82, 2.24) is 0 Å². The summed E-state index contributed by atoms with van der Waals surface area (Å²) in [5.74, 6) is 0. The molecule has 0 aliphatic heterocycles. The van der Waals surface area contributed by atoms with Crippen molar-refractivity contribution in [2.24, 2.45) is 0 Å². The van der Waals surface area contributed by atoms with Crippen LogP contribution in [0.5, 0.6) is 0 Å². The van der Waals surface area contributed by atoms with Crippen molar-refractivity contribution in [1.29, 1.82) is 0 Å². The van der Waals surface area contributed by atoms with E-state index in [1.54, 1.807) is 0 Å². The third-order valence-corrected chi connectivity index (χ3v) is 0. The number of hydrogen-bond acceptors (Lipinski definition) is 0. The molecule has 0 aromatic heterocycles. The SMILES string of the molecule is [GeH4].[SeH2].[SiH4].[TeH2]. The molecule has 4 heteroatoms. The van der Waals surface area contributed by atoms with Crippen molar-refractivity contribution >= 4 is 69.3 Å². The third kappa shape index (κ3) is 8.95. The van der Waals surface area contributed by atoms with Gasteiger partial charge in [-0.05, 0) is 11.0 Å². The van der Waals surface area contributed by atoms with E-state index in [4.69, 9.17) is 0 Å². The van der Waals surface area contributed by atoms with Crippen LogP contribution in [0.2, 0.25) is 0 Å². The van der Waals surface area contributed by atoms with Crippen LogP contribution in [0.4, 0.5) is 0 Å². The molecule has 0 spiro atoms. The van der Waals surface area contributed by atoms with E-state index in [2.05, 4.69) is 0 Å². The molecule has 0 fully saturated rings. The van der Waals surface area contributed by atoms with E-state index in [0.29, 0.717) is 0 Å². The van der Waals surface area contributed by atoms with Crippen molar-refractivity contribution < 1.29 is 0 Å². The van der Waals surface area contributed by atoms with E-state index < -0.39 is 0 Å². The summed E-state index contributed by atoms with van der Waals surface area (Å²) in [4.78, 5) is 0. The van der Waals surface area contributed by atoms with Crippen LogP contribution in [0.15, 0.2) is 0 Å². The minimum absolute atomic E-state index is 0. The van der Waals surface area contributed by atoms with Gasteiger partial charge in [-0.15, -0.1) is 0 Å². The third-order valence-electron chi connectivity index (χ3n) is 0. The molecule has 0 bridgehead atoms. The Balaban J connectivity index is 0. The zero-order valence-electron chi connectivity index (χ0n) is 1.00. The Bertz CT molecular complexity index is 8.00. The summed E-state index contributed by atoms with van der Waals surface area (Å²) in [5, 5.41) is 0. The number of rotatable bonds is 0. The Kier molecular flexibility index (Phi) is 179. The van der Waals surface area contributed by atoms with Gasteiger partial charge in [-0.2, -0.15) is 0 Å². The van der Waals surface area contributed by atoms with Crippen LogP contribution in [-0.2, 0) is 0 Å². The maximum absolute atomic E-state index is 0. The molecule has 0 radical (unpaired) electrons. The van der Waals surface area contributed by atoms with Gasteiger partial charge in [0.1, 0.15) is 0 Å². The van der Waals surface area contributed by atoms with E-state index in [-0.39, 0.29) is 69.3 Å². The van der Waals surface area contributed by atoms with E-state index in [9.17, 15) is 0 Å². The van der Waals surface area contributed by atoms with Crippen molar-refractivity contribution in [3.63, 3.8) is 0 Å². The van der Waals surface area contributed by atoms with E-state index in [1.165, 1.54) is 0 Å². The zero-order valence-corrected chi connectivity index (χ0v) is 5.95. The molecule has 0 saturated heterocycles. The normalized spacial score (nSPS) is 0. The fourth-order valence-corrected chi connectivity index (χ4v) is 0. The van der Waals surface area contributed by atoms with Gasteiger partial charge in [0, 0.05) is 0 Å². The second-order valence-electron chi connectivity index (χ2n) is 0. The van der Waals surface area contributed by atoms with Gasteiger partial charge in [0.25, 0.3) is 0 Å². The Morgan fingerprint density at radius 1 is 1.00 bits per heavy atom. The fraction of sp³-hybridized carbons (Fsp3) is 0. The molecule has 0 aromatic rings. The molecule has 0 atom stereocenters. The van der Waals surface area contributed by atoms with Crippen LogP contribution >= 0.6 is 0 Å². The van der Waals surface area contributed by atoms with Gasteiger partial charge in [-0.25, -0.2) is 0 Å². The summed E-state index contributed by atoms with van der Waals surface area (Å²) in [5.41, 5.74) is 0. The molecule has 0 nitrogen and oxygen atoms in total. The second-order valence-corrected chi connectivity index (χ2v) is 0. The number of hydrogen-bond donors (Lipinski definition) is 0. The molecular weight excluding hydrogens is 307 g/mol. The summed E-state index contributed by atoms with van der Waals surface area (Å²) in [6, 6.07) is 0. The fourth-order valence-electron chi connectivity index (χ4n) is 0. The predicted octanol–water partition coefficient (Wildman–Crippen LogP) is -4.74. The Hall–Kier alpha value is 2.07. The summed E-state index contributed by atoms with van der Waals surface area (Å²) in [6.45, 7) is 0. The molecule has 0 saturated carbocycles. The van der Waals surface area contributed by atoms with Gasteiger partial charge >= 0.3 is 58.3 Å². The molecule has 0 aliphatic rings. The molecule has 32 valence electrons. The van der Waals surface area contributed by atoms with E-state index in [0.717, 1.165) is 0 Å². The Morgan fingerprint density at radius 2 is 1.00 bits per heavy atom. The second kappa shape index (κ2) is 19.6. The van der Waals surface area contributed by atoms with Gasteiger partial charge in [0.2, 0.25) is 0 Å². The van der Waals surface area contributed by atoms with Crippen molar-refractivity contribution in [3.05, 3.63) is 0 Å². The Labute approximate surface area is 68.7 Å². The van der Waals surface area contributed by atoms with Crippen LogP contribution in [-0.4, -0.2) is 69.3 Å². The standard InChI is InChI=1S/GeH4.H2Se.H4Si.H2Te/h1H4;1H2;1H4;1H2. The van der Waals surface area contributed by atoms with Crippen molar-refractivity contribution in [2.75, 3.05) is 0 Å². The van der Waals surface area contributed by atoms with Gasteiger partial charge < -0.3 is 0 Å². The van der Waals surface area contributed by atoms with Crippen LogP contribution in [0.25, 0.3) is 0 Å². The summed E-state index contributed by atoms with van der Waals surface area (Å²) in [7, 11) is 0. The summed E-state index contributed by atoms with van der Waals surface area (Å²) >= 11 is 0. The van der Waals surface area contributed by atoms with Crippen LogP contribution < -0.4 is 0 Å². The summed E-state index contributed by atoms with van der Waals surface area (Å²) < 4.78 is 0. The first-order chi connectivity index (χ1) is 0. The monoisotopic (exact) mass is 324 g/mol. The van der Waals surface area contributed by atoms with Crippen LogP contribution in [0.3, 0.4) is 0 Å². The molecule has 4 heavy (non-hydrogen) atoms. The van der Waals surface area contributed by atoms with E-state index in [1.807, 2.05) is 0 Å². The maximum atomic E-state index is 0. The van der Waals surface area contributed by atoms with Gasteiger partial charge in [-0.1, -0.05) is 0 Å². The topological polar surface area (TPSA) is 0 Å². The molecule has 0 aromatic carbocycles. The van der Waals surface area contributed by atoms with Crippen molar-refractivity contribution in [3.8, 4) is 0 Å². The molecule has 0 amide bonds.